The molecule has 0 unspecified atom stereocenters. The molecule has 0 aliphatic rings. The number of carboxylic acid groups (broad SMARTS) is 2. The largest absolute Gasteiger partial charge is 0.476 e. The van der Waals surface area contributed by atoms with E-state index in [2.05, 4.69) is 74.4 Å². The summed E-state index contributed by atoms with van der Waals surface area (Å²) in [5.74, 6) is 10.6. The molecular weight excluding hydrogens is 572 g/mol. The van der Waals surface area contributed by atoms with Crippen LogP contribution >= 0.6 is 0 Å². The molecule has 0 aliphatic carbocycles. The van der Waals surface area contributed by atoms with E-state index in [0.29, 0.717) is 45.7 Å². The van der Waals surface area contributed by atoms with E-state index in [1.165, 1.54) is 0 Å². The molecule has 6 N–H and O–H groups in total. The number of benzene rings is 2. The first-order chi connectivity index (χ1) is 21.4. The maximum Gasteiger partial charge on any atom is 0.359 e. The Bertz CT molecular complexity index is 2120. The number of H-pyrrole nitrogens is 4. The summed E-state index contributed by atoms with van der Waals surface area (Å²) in [5.41, 5.74) is 2.05. The standard InChI is InChI=1S/C28H16N10O6/c39-27(40)23-25(35-37-33-23)43-17-8-4-15(5-9-17)6-10-21-29-13-19(31-21)20-14-30-22(32-20)11-7-16-2-1-3-18(12-16)44-26-24(28(41)42)34-38-36-26/h1-5,8-9,12-14H,(H,29,31)(H,30,32)(H,39,40)(H,41,42)(H,33,35,37)(H,34,36,38). The normalized spacial score (nSPS) is 10.3. The van der Waals surface area contributed by atoms with Crippen molar-refractivity contribution in [3.8, 4) is 58.3 Å². The lowest BCUT2D eigenvalue weighted by atomic mass is 10.2. The van der Waals surface area contributed by atoms with Gasteiger partial charge in [-0.25, -0.2) is 29.8 Å². The monoisotopic (exact) mass is 588 g/mol. The van der Waals surface area contributed by atoms with E-state index in [9.17, 15) is 9.59 Å². The van der Waals surface area contributed by atoms with Crippen molar-refractivity contribution in [2.75, 3.05) is 0 Å². The quantitative estimate of drug-likeness (QED) is 0.148. The van der Waals surface area contributed by atoms with Gasteiger partial charge in [0.25, 0.3) is 11.8 Å². The van der Waals surface area contributed by atoms with Crippen molar-refractivity contribution in [1.82, 2.24) is 50.8 Å². The van der Waals surface area contributed by atoms with E-state index in [-0.39, 0.29) is 23.1 Å². The van der Waals surface area contributed by atoms with Gasteiger partial charge in [-0.1, -0.05) is 38.5 Å². The van der Waals surface area contributed by atoms with Crippen LogP contribution in [-0.4, -0.2) is 72.9 Å². The Balaban J connectivity index is 1.09. The summed E-state index contributed by atoms with van der Waals surface area (Å²) in [6.07, 6.45) is 3.22. The highest BCUT2D eigenvalue weighted by atomic mass is 16.5. The van der Waals surface area contributed by atoms with Crippen molar-refractivity contribution >= 4 is 11.9 Å². The summed E-state index contributed by atoms with van der Waals surface area (Å²) in [7, 11) is 0. The summed E-state index contributed by atoms with van der Waals surface area (Å²) in [5, 5.41) is 36.9. The van der Waals surface area contributed by atoms with Crippen LogP contribution < -0.4 is 9.47 Å². The molecule has 0 atom stereocenters. The number of carboxylic acids is 2. The minimum Gasteiger partial charge on any atom is -0.476 e. The Morgan fingerprint density at radius 2 is 1.20 bits per heavy atom. The predicted octanol–water partition coefficient (Wildman–Crippen LogP) is 2.82. The average molecular weight is 589 g/mol. The Morgan fingerprint density at radius 1 is 0.659 bits per heavy atom. The van der Waals surface area contributed by atoms with E-state index in [4.69, 9.17) is 19.7 Å². The molecule has 0 saturated heterocycles. The molecule has 44 heavy (non-hydrogen) atoms. The van der Waals surface area contributed by atoms with E-state index < -0.39 is 11.9 Å². The molecule has 0 saturated carbocycles. The number of hydrogen-bond acceptors (Lipinski definition) is 10. The van der Waals surface area contributed by atoms with Crippen LogP contribution in [-0.2, 0) is 0 Å². The Hall–Kier alpha value is -7.20. The lowest BCUT2D eigenvalue weighted by Gasteiger charge is -2.02. The molecule has 214 valence electrons. The molecule has 2 aromatic carbocycles. The lowest BCUT2D eigenvalue weighted by molar-refractivity contribution is 0.0676. The van der Waals surface area contributed by atoms with Gasteiger partial charge in [0.05, 0.1) is 23.8 Å². The van der Waals surface area contributed by atoms with Crippen LogP contribution in [0.1, 0.15) is 43.8 Å². The highest BCUT2D eigenvalue weighted by Crippen LogP contribution is 2.23. The van der Waals surface area contributed by atoms with Gasteiger partial charge in [0, 0.05) is 11.1 Å². The Morgan fingerprint density at radius 3 is 1.77 bits per heavy atom. The molecular formula is C28H16N10O6. The fourth-order valence-electron chi connectivity index (χ4n) is 3.63. The second-order valence-electron chi connectivity index (χ2n) is 8.64. The molecule has 4 aromatic heterocycles. The zero-order chi connectivity index (χ0) is 30.5. The van der Waals surface area contributed by atoms with Crippen LogP contribution in [0.4, 0.5) is 0 Å². The molecule has 16 nitrogen and oxygen atoms in total. The molecule has 6 rings (SSSR count). The molecule has 6 aromatic rings. The molecule has 0 aliphatic heterocycles. The van der Waals surface area contributed by atoms with Crippen LogP contribution in [0.2, 0.25) is 0 Å². The van der Waals surface area contributed by atoms with Crippen molar-refractivity contribution in [3.05, 3.63) is 95.1 Å². The summed E-state index contributed by atoms with van der Waals surface area (Å²) in [6, 6.07) is 13.4. The average Bonchev–Trinajstić information content (AvgIpc) is 3.83. The van der Waals surface area contributed by atoms with Crippen LogP contribution in [0.3, 0.4) is 0 Å². The van der Waals surface area contributed by atoms with Gasteiger partial charge in [0.2, 0.25) is 11.4 Å². The van der Waals surface area contributed by atoms with Crippen LogP contribution in [0.5, 0.6) is 23.3 Å². The first-order valence-electron chi connectivity index (χ1n) is 12.4. The van der Waals surface area contributed by atoms with Gasteiger partial charge >= 0.3 is 11.9 Å². The maximum atomic E-state index is 11.2. The first kappa shape index (κ1) is 27.0. The van der Waals surface area contributed by atoms with Crippen LogP contribution in [0, 0.1) is 23.7 Å². The summed E-state index contributed by atoms with van der Waals surface area (Å²) >= 11 is 0. The van der Waals surface area contributed by atoms with Gasteiger partial charge in [-0.15, -0.1) is 0 Å². The fourth-order valence-corrected chi connectivity index (χ4v) is 3.63. The van der Waals surface area contributed by atoms with Gasteiger partial charge in [0.15, 0.2) is 11.6 Å². The second-order valence-corrected chi connectivity index (χ2v) is 8.64. The van der Waals surface area contributed by atoms with Gasteiger partial charge in [-0.2, -0.15) is 0 Å². The minimum absolute atomic E-state index is 0.145. The third kappa shape index (κ3) is 6.09. The van der Waals surface area contributed by atoms with E-state index in [1.54, 1.807) is 60.9 Å². The highest BCUT2D eigenvalue weighted by molar-refractivity contribution is 5.88. The number of aromatic nitrogens is 10. The Kier molecular flexibility index (Phi) is 7.20. The molecule has 0 amide bonds. The third-order valence-corrected chi connectivity index (χ3v) is 5.67. The Labute approximate surface area is 245 Å². The number of rotatable bonds is 7. The number of hydrogen-bond donors (Lipinski definition) is 6. The number of aromatic amines is 4. The summed E-state index contributed by atoms with van der Waals surface area (Å²) < 4.78 is 11.0. The maximum absolute atomic E-state index is 11.2. The number of carbonyl (C=O) groups is 2. The molecule has 16 heteroatoms. The molecule has 0 spiro atoms. The van der Waals surface area contributed by atoms with Crippen molar-refractivity contribution in [2.45, 2.75) is 0 Å². The fraction of sp³-hybridized carbons (Fsp3) is 0. The zero-order valence-electron chi connectivity index (χ0n) is 22.0. The summed E-state index contributed by atoms with van der Waals surface area (Å²) in [6.45, 7) is 0. The third-order valence-electron chi connectivity index (χ3n) is 5.67. The molecule has 0 fully saturated rings. The smallest absolute Gasteiger partial charge is 0.359 e. The zero-order valence-corrected chi connectivity index (χ0v) is 22.0. The van der Waals surface area contributed by atoms with Crippen molar-refractivity contribution in [1.29, 1.82) is 0 Å². The second kappa shape index (κ2) is 11.7. The van der Waals surface area contributed by atoms with Crippen LogP contribution in [0.15, 0.2) is 60.9 Å². The minimum atomic E-state index is -1.24. The number of nitrogens with one attached hydrogen (secondary N) is 4. The summed E-state index contributed by atoms with van der Waals surface area (Å²) in [4.78, 5) is 37.2. The highest BCUT2D eigenvalue weighted by Gasteiger charge is 2.17. The van der Waals surface area contributed by atoms with Gasteiger partial charge in [-0.3, -0.25) is 0 Å². The molecule has 0 bridgehead atoms. The van der Waals surface area contributed by atoms with Gasteiger partial charge in [0.1, 0.15) is 11.5 Å². The van der Waals surface area contributed by atoms with Crippen molar-refractivity contribution < 1.29 is 29.3 Å². The number of nitrogens with zero attached hydrogens (tertiary/aromatic N) is 6. The topological polar surface area (TPSA) is 234 Å². The van der Waals surface area contributed by atoms with E-state index in [0.717, 1.165) is 0 Å². The number of ether oxygens (including phenoxy) is 2. The van der Waals surface area contributed by atoms with Gasteiger partial charge < -0.3 is 29.7 Å². The van der Waals surface area contributed by atoms with E-state index in [1.807, 2.05) is 0 Å². The molecule has 4 heterocycles. The first-order valence-corrected chi connectivity index (χ1v) is 12.4. The van der Waals surface area contributed by atoms with Crippen LogP contribution in [0.25, 0.3) is 11.4 Å². The number of aromatic carboxylic acids is 2. The van der Waals surface area contributed by atoms with Crippen molar-refractivity contribution in [3.63, 3.8) is 0 Å². The SMILES string of the molecule is O=C(O)c1[nH]nnc1Oc1ccc(C#Cc2ncc(-c3cnc(C#Cc4cccc(Oc5nn[nH]c5C(=O)O)c4)[nH]3)[nH]2)cc1. The predicted molar refractivity (Wildman–Crippen MR) is 148 cm³/mol. The van der Waals surface area contributed by atoms with Gasteiger partial charge in [-0.05, 0) is 54.3 Å². The lowest BCUT2D eigenvalue weighted by Crippen LogP contribution is -1.99. The number of imidazole rings is 2. The van der Waals surface area contributed by atoms with Crippen molar-refractivity contribution in [2.24, 2.45) is 0 Å². The molecule has 0 radical (unpaired) electrons. The van der Waals surface area contributed by atoms with E-state index >= 15 is 0 Å².